The lowest BCUT2D eigenvalue weighted by atomic mass is 9.92. The van der Waals surface area contributed by atoms with E-state index in [4.69, 9.17) is 0 Å². The van der Waals surface area contributed by atoms with Crippen LogP contribution in [0.2, 0.25) is 0 Å². The van der Waals surface area contributed by atoms with Gasteiger partial charge in [-0.2, -0.15) is 13.2 Å². The molecule has 0 saturated carbocycles. The van der Waals surface area contributed by atoms with Gasteiger partial charge >= 0.3 is 6.18 Å². The Labute approximate surface area is 140 Å². The highest BCUT2D eigenvalue weighted by Crippen LogP contribution is 2.41. The number of phenols is 2. The molecular formula is C19H12F4O2. The Balaban J connectivity index is 2.30. The smallest absolute Gasteiger partial charge is 0.419 e. The maximum Gasteiger partial charge on any atom is 0.419 e. The molecule has 0 radical (unpaired) electrons. The number of alkyl halides is 3. The van der Waals surface area contributed by atoms with Crippen LogP contribution in [0.3, 0.4) is 0 Å². The predicted molar refractivity (Wildman–Crippen MR) is 85.6 cm³/mol. The maximum absolute atomic E-state index is 14.7. The van der Waals surface area contributed by atoms with Crippen molar-refractivity contribution < 1.29 is 27.8 Å². The van der Waals surface area contributed by atoms with Crippen molar-refractivity contribution in [3.8, 4) is 33.8 Å². The van der Waals surface area contributed by atoms with Crippen LogP contribution in [0.25, 0.3) is 22.3 Å². The predicted octanol–water partition coefficient (Wildman–Crippen LogP) is 5.59. The van der Waals surface area contributed by atoms with E-state index in [2.05, 4.69) is 0 Å². The fourth-order valence-electron chi connectivity index (χ4n) is 2.59. The Morgan fingerprint density at radius 2 is 1.12 bits per heavy atom. The van der Waals surface area contributed by atoms with Crippen molar-refractivity contribution in [1.29, 1.82) is 0 Å². The molecule has 6 heteroatoms. The number of aromatic hydroxyl groups is 2. The summed E-state index contributed by atoms with van der Waals surface area (Å²) >= 11 is 0. The van der Waals surface area contributed by atoms with Gasteiger partial charge in [0.05, 0.1) is 5.56 Å². The van der Waals surface area contributed by atoms with Crippen LogP contribution in [0, 0.1) is 5.82 Å². The van der Waals surface area contributed by atoms with Crippen LogP contribution in [0.1, 0.15) is 5.56 Å². The molecule has 0 unspecified atom stereocenters. The van der Waals surface area contributed by atoms with E-state index in [1.807, 2.05) is 0 Å². The number of hydrogen-bond donors (Lipinski definition) is 2. The summed E-state index contributed by atoms with van der Waals surface area (Å²) in [5.41, 5.74) is -0.687. The summed E-state index contributed by atoms with van der Waals surface area (Å²) in [5, 5.41) is 18.7. The molecule has 3 rings (SSSR count). The molecule has 0 aliphatic heterocycles. The Hall–Kier alpha value is -3.02. The van der Waals surface area contributed by atoms with Gasteiger partial charge in [-0.25, -0.2) is 4.39 Å². The minimum Gasteiger partial charge on any atom is -0.508 e. The highest BCUT2D eigenvalue weighted by atomic mass is 19.4. The van der Waals surface area contributed by atoms with Crippen LogP contribution < -0.4 is 0 Å². The van der Waals surface area contributed by atoms with Crippen molar-refractivity contribution in [2.45, 2.75) is 6.18 Å². The van der Waals surface area contributed by atoms with Crippen molar-refractivity contribution in [2.75, 3.05) is 0 Å². The van der Waals surface area contributed by atoms with Crippen molar-refractivity contribution in [3.63, 3.8) is 0 Å². The SMILES string of the molecule is Oc1ccc(-c2ccc(C(F)(F)F)c(F)c2-c2ccc(O)cc2)cc1. The zero-order valence-corrected chi connectivity index (χ0v) is 12.7. The van der Waals surface area contributed by atoms with Gasteiger partial charge in [-0.15, -0.1) is 0 Å². The molecule has 0 aromatic heterocycles. The molecule has 0 aliphatic rings. The quantitative estimate of drug-likeness (QED) is 0.593. The monoisotopic (exact) mass is 348 g/mol. The van der Waals surface area contributed by atoms with Gasteiger partial charge < -0.3 is 10.2 Å². The molecule has 0 saturated heterocycles. The molecule has 2 nitrogen and oxygen atoms in total. The van der Waals surface area contributed by atoms with Gasteiger partial charge in [0.15, 0.2) is 0 Å². The van der Waals surface area contributed by atoms with E-state index < -0.39 is 17.6 Å². The van der Waals surface area contributed by atoms with Gasteiger partial charge in [0, 0.05) is 5.56 Å². The molecule has 0 aliphatic carbocycles. The molecule has 0 spiro atoms. The third-order valence-corrected chi connectivity index (χ3v) is 3.78. The number of benzene rings is 3. The molecule has 0 fully saturated rings. The van der Waals surface area contributed by atoms with Crippen LogP contribution in [0.4, 0.5) is 17.6 Å². The van der Waals surface area contributed by atoms with E-state index in [0.717, 1.165) is 0 Å². The van der Waals surface area contributed by atoms with E-state index in [9.17, 15) is 27.8 Å². The van der Waals surface area contributed by atoms with Crippen molar-refractivity contribution in [3.05, 3.63) is 72.0 Å². The highest BCUT2D eigenvalue weighted by molar-refractivity contribution is 5.84. The van der Waals surface area contributed by atoms with Gasteiger partial charge in [0.25, 0.3) is 0 Å². The first-order valence-corrected chi connectivity index (χ1v) is 7.26. The summed E-state index contributed by atoms with van der Waals surface area (Å²) in [5.74, 6) is -1.48. The summed E-state index contributed by atoms with van der Waals surface area (Å²) in [4.78, 5) is 0. The molecule has 0 amide bonds. The summed E-state index contributed by atoms with van der Waals surface area (Å²) in [6.07, 6.45) is -4.83. The zero-order chi connectivity index (χ0) is 18.2. The lowest BCUT2D eigenvalue weighted by Crippen LogP contribution is -2.09. The molecule has 0 atom stereocenters. The van der Waals surface area contributed by atoms with Gasteiger partial charge in [-0.3, -0.25) is 0 Å². The molecule has 0 bridgehead atoms. The van der Waals surface area contributed by atoms with Crippen LogP contribution in [-0.4, -0.2) is 10.2 Å². The van der Waals surface area contributed by atoms with Gasteiger partial charge in [0.2, 0.25) is 0 Å². The average Bonchev–Trinajstić information content (AvgIpc) is 2.55. The van der Waals surface area contributed by atoms with E-state index in [-0.39, 0.29) is 28.2 Å². The van der Waals surface area contributed by atoms with Crippen LogP contribution in [0.15, 0.2) is 60.7 Å². The van der Waals surface area contributed by atoms with Crippen LogP contribution in [0.5, 0.6) is 11.5 Å². The largest absolute Gasteiger partial charge is 0.508 e. The molecule has 0 heterocycles. The van der Waals surface area contributed by atoms with Crippen molar-refractivity contribution >= 4 is 0 Å². The number of hydrogen-bond acceptors (Lipinski definition) is 2. The summed E-state index contributed by atoms with van der Waals surface area (Å²) in [6, 6.07) is 12.8. The number of rotatable bonds is 2. The Kier molecular flexibility index (Phi) is 4.12. The maximum atomic E-state index is 14.7. The van der Waals surface area contributed by atoms with Crippen LogP contribution >= 0.6 is 0 Å². The minimum absolute atomic E-state index is 0.0117. The average molecular weight is 348 g/mol. The van der Waals surface area contributed by atoms with Gasteiger partial charge in [0.1, 0.15) is 17.3 Å². The van der Waals surface area contributed by atoms with Gasteiger partial charge in [-0.05, 0) is 47.0 Å². The van der Waals surface area contributed by atoms with E-state index in [0.29, 0.717) is 11.6 Å². The minimum atomic E-state index is -4.83. The molecule has 25 heavy (non-hydrogen) atoms. The highest BCUT2D eigenvalue weighted by Gasteiger charge is 2.36. The second-order valence-electron chi connectivity index (χ2n) is 5.44. The summed E-state index contributed by atoms with van der Waals surface area (Å²) in [6.45, 7) is 0. The molecule has 2 N–H and O–H groups in total. The van der Waals surface area contributed by atoms with E-state index >= 15 is 0 Å². The first-order valence-electron chi connectivity index (χ1n) is 7.26. The lowest BCUT2D eigenvalue weighted by molar-refractivity contribution is -0.139. The van der Waals surface area contributed by atoms with E-state index in [1.54, 1.807) is 0 Å². The fraction of sp³-hybridized carbons (Fsp3) is 0.0526. The van der Waals surface area contributed by atoms with E-state index in [1.165, 1.54) is 54.6 Å². The van der Waals surface area contributed by atoms with Crippen molar-refractivity contribution in [2.24, 2.45) is 0 Å². The topological polar surface area (TPSA) is 40.5 Å². The molecular weight excluding hydrogens is 336 g/mol. The Bertz CT molecular complexity index is 898. The third-order valence-electron chi connectivity index (χ3n) is 3.78. The summed E-state index contributed by atoms with van der Waals surface area (Å²) in [7, 11) is 0. The van der Waals surface area contributed by atoms with Crippen molar-refractivity contribution in [1.82, 2.24) is 0 Å². The Morgan fingerprint density at radius 3 is 1.60 bits per heavy atom. The second-order valence-corrected chi connectivity index (χ2v) is 5.44. The second kappa shape index (κ2) is 6.12. The first kappa shape index (κ1) is 16.8. The standard InChI is InChI=1S/C19H12F4O2/c20-18-16(19(21,22)23)10-9-15(11-1-5-13(24)6-2-11)17(18)12-3-7-14(25)8-4-12/h1-10,24-25H. The fourth-order valence-corrected chi connectivity index (χ4v) is 2.59. The summed E-state index contributed by atoms with van der Waals surface area (Å²) < 4.78 is 54.0. The third kappa shape index (κ3) is 3.28. The van der Waals surface area contributed by atoms with Crippen LogP contribution in [-0.2, 0) is 6.18 Å². The lowest BCUT2D eigenvalue weighted by Gasteiger charge is -2.16. The molecule has 128 valence electrons. The number of halogens is 4. The molecule has 3 aromatic rings. The number of phenolic OH excluding ortho intramolecular Hbond substituents is 2. The zero-order valence-electron chi connectivity index (χ0n) is 12.7. The molecule has 3 aromatic carbocycles. The first-order chi connectivity index (χ1) is 11.8. The normalized spacial score (nSPS) is 11.5. The Morgan fingerprint density at radius 1 is 0.640 bits per heavy atom. The van der Waals surface area contributed by atoms with Gasteiger partial charge in [-0.1, -0.05) is 30.3 Å².